The molecule has 0 aliphatic rings. The Morgan fingerprint density at radius 3 is 3.25 bits per heavy atom. The molecule has 12 heavy (non-hydrogen) atoms. The van der Waals surface area contributed by atoms with E-state index < -0.39 is 0 Å². The number of nitrogens with zero attached hydrogens (tertiary/aromatic N) is 3. The standard InChI is InChI=1S/C8H10N4/c9-4-3-7-2-1-5-12-8(7)6-10-11-12/h1-2,5-6H,3-4,9H2. The molecule has 2 N–H and O–H groups in total. The Morgan fingerprint density at radius 1 is 1.50 bits per heavy atom. The van der Waals surface area contributed by atoms with Crippen LogP contribution in [0.25, 0.3) is 5.52 Å². The summed E-state index contributed by atoms with van der Waals surface area (Å²) in [6.07, 6.45) is 4.51. The lowest BCUT2D eigenvalue weighted by molar-refractivity contribution is 0.848. The summed E-state index contributed by atoms with van der Waals surface area (Å²) in [5, 5.41) is 7.70. The third-order valence-corrected chi connectivity index (χ3v) is 1.84. The van der Waals surface area contributed by atoms with Crippen LogP contribution in [0.3, 0.4) is 0 Å². The molecule has 0 radical (unpaired) electrons. The van der Waals surface area contributed by atoms with E-state index in [-0.39, 0.29) is 0 Å². The van der Waals surface area contributed by atoms with E-state index in [2.05, 4.69) is 10.3 Å². The van der Waals surface area contributed by atoms with Gasteiger partial charge in [0.15, 0.2) is 0 Å². The van der Waals surface area contributed by atoms with Crippen LogP contribution < -0.4 is 5.73 Å². The molecular weight excluding hydrogens is 152 g/mol. The van der Waals surface area contributed by atoms with E-state index in [9.17, 15) is 0 Å². The number of aromatic nitrogens is 3. The van der Waals surface area contributed by atoms with E-state index in [0.29, 0.717) is 6.54 Å². The van der Waals surface area contributed by atoms with Gasteiger partial charge in [-0.2, -0.15) is 0 Å². The van der Waals surface area contributed by atoms with Gasteiger partial charge in [0.25, 0.3) is 0 Å². The van der Waals surface area contributed by atoms with Crippen LogP contribution in [-0.2, 0) is 6.42 Å². The normalized spacial score (nSPS) is 10.8. The van der Waals surface area contributed by atoms with Gasteiger partial charge in [-0.1, -0.05) is 11.3 Å². The minimum Gasteiger partial charge on any atom is -0.330 e. The highest BCUT2D eigenvalue weighted by molar-refractivity contribution is 5.51. The van der Waals surface area contributed by atoms with Crippen LogP contribution in [0.5, 0.6) is 0 Å². The molecule has 0 aromatic carbocycles. The van der Waals surface area contributed by atoms with E-state index in [0.717, 1.165) is 11.9 Å². The summed E-state index contributed by atoms with van der Waals surface area (Å²) < 4.78 is 1.75. The first-order chi connectivity index (χ1) is 5.92. The predicted molar refractivity (Wildman–Crippen MR) is 45.7 cm³/mol. The Bertz CT molecular complexity index is 379. The maximum Gasteiger partial charge on any atom is 0.0897 e. The molecule has 0 saturated heterocycles. The van der Waals surface area contributed by atoms with Crippen LogP contribution in [0.2, 0.25) is 0 Å². The van der Waals surface area contributed by atoms with Gasteiger partial charge in [0, 0.05) is 6.20 Å². The van der Waals surface area contributed by atoms with Crippen molar-refractivity contribution >= 4 is 5.52 Å². The third-order valence-electron chi connectivity index (χ3n) is 1.84. The molecule has 0 amide bonds. The van der Waals surface area contributed by atoms with Gasteiger partial charge in [0.2, 0.25) is 0 Å². The quantitative estimate of drug-likeness (QED) is 0.687. The molecule has 0 aliphatic carbocycles. The van der Waals surface area contributed by atoms with Crippen molar-refractivity contribution in [2.24, 2.45) is 5.73 Å². The van der Waals surface area contributed by atoms with Crippen molar-refractivity contribution in [2.75, 3.05) is 6.54 Å². The molecule has 62 valence electrons. The molecule has 2 aromatic rings. The second-order valence-electron chi connectivity index (χ2n) is 2.64. The number of pyridine rings is 1. The predicted octanol–water partition coefficient (Wildman–Crippen LogP) is 0.230. The molecule has 2 rings (SSSR count). The second-order valence-corrected chi connectivity index (χ2v) is 2.64. The van der Waals surface area contributed by atoms with Gasteiger partial charge in [-0.05, 0) is 24.6 Å². The molecule has 0 aliphatic heterocycles. The number of fused-ring (bicyclic) bond motifs is 1. The molecule has 0 atom stereocenters. The Hall–Kier alpha value is -1.42. The highest BCUT2D eigenvalue weighted by Gasteiger charge is 1.99. The Labute approximate surface area is 70.0 Å². The van der Waals surface area contributed by atoms with E-state index in [1.807, 2.05) is 18.3 Å². The lowest BCUT2D eigenvalue weighted by Crippen LogP contribution is -2.03. The van der Waals surface area contributed by atoms with E-state index in [1.54, 1.807) is 10.7 Å². The summed E-state index contributed by atoms with van der Waals surface area (Å²) in [5.41, 5.74) is 7.71. The molecule has 2 heterocycles. The maximum absolute atomic E-state index is 5.47. The number of nitrogens with two attached hydrogens (primary N) is 1. The molecule has 0 saturated carbocycles. The average molecular weight is 162 g/mol. The van der Waals surface area contributed by atoms with Crippen LogP contribution >= 0.6 is 0 Å². The molecule has 0 bridgehead atoms. The zero-order valence-corrected chi connectivity index (χ0v) is 6.64. The smallest absolute Gasteiger partial charge is 0.0897 e. The van der Waals surface area contributed by atoms with Gasteiger partial charge in [-0.25, -0.2) is 4.52 Å². The van der Waals surface area contributed by atoms with Gasteiger partial charge in [-0.15, -0.1) is 5.10 Å². The van der Waals surface area contributed by atoms with Crippen molar-refractivity contribution in [1.29, 1.82) is 0 Å². The van der Waals surface area contributed by atoms with Gasteiger partial charge in [-0.3, -0.25) is 0 Å². The van der Waals surface area contributed by atoms with Gasteiger partial charge >= 0.3 is 0 Å². The monoisotopic (exact) mass is 162 g/mol. The third kappa shape index (κ3) is 1.06. The summed E-state index contributed by atoms with van der Waals surface area (Å²) in [6.45, 7) is 0.658. The van der Waals surface area contributed by atoms with Crippen molar-refractivity contribution in [3.8, 4) is 0 Å². The van der Waals surface area contributed by atoms with Crippen molar-refractivity contribution in [2.45, 2.75) is 6.42 Å². The SMILES string of the molecule is NCCc1cccn2nncc12. The molecule has 0 spiro atoms. The number of hydrogen-bond donors (Lipinski definition) is 1. The zero-order valence-electron chi connectivity index (χ0n) is 6.64. The topological polar surface area (TPSA) is 56.2 Å². The Morgan fingerprint density at radius 2 is 2.42 bits per heavy atom. The largest absolute Gasteiger partial charge is 0.330 e. The van der Waals surface area contributed by atoms with E-state index in [1.165, 1.54) is 5.56 Å². The van der Waals surface area contributed by atoms with Gasteiger partial charge < -0.3 is 5.73 Å². The summed E-state index contributed by atoms with van der Waals surface area (Å²) in [4.78, 5) is 0. The first kappa shape index (κ1) is 7.24. The number of rotatable bonds is 2. The summed E-state index contributed by atoms with van der Waals surface area (Å²) in [6, 6.07) is 4.00. The van der Waals surface area contributed by atoms with Crippen LogP contribution in [-0.4, -0.2) is 21.4 Å². The average Bonchev–Trinajstić information content (AvgIpc) is 2.53. The molecule has 0 unspecified atom stereocenters. The van der Waals surface area contributed by atoms with Crippen LogP contribution in [0.4, 0.5) is 0 Å². The highest BCUT2D eigenvalue weighted by atomic mass is 15.4. The number of hydrogen-bond acceptors (Lipinski definition) is 3. The van der Waals surface area contributed by atoms with E-state index in [4.69, 9.17) is 5.73 Å². The summed E-state index contributed by atoms with van der Waals surface area (Å²) in [5.74, 6) is 0. The Kier molecular flexibility index (Phi) is 1.75. The fraction of sp³-hybridized carbons (Fsp3) is 0.250. The maximum atomic E-state index is 5.47. The molecular formula is C8H10N4. The second kappa shape index (κ2) is 2.91. The lowest BCUT2D eigenvalue weighted by Gasteiger charge is -1.99. The van der Waals surface area contributed by atoms with Gasteiger partial charge in [0.1, 0.15) is 0 Å². The zero-order chi connectivity index (χ0) is 8.39. The molecule has 2 aromatic heterocycles. The van der Waals surface area contributed by atoms with Crippen molar-refractivity contribution in [3.63, 3.8) is 0 Å². The van der Waals surface area contributed by atoms with Crippen LogP contribution in [0.1, 0.15) is 5.56 Å². The van der Waals surface area contributed by atoms with Crippen molar-refractivity contribution in [1.82, 2.24) is 14.8 Å². The first-order valence-electron chi connectivity index (χ1n) is 3.90. The molecule has 4 nitrogen and oxygen atoms in total. The lowest BCUT2D eigenvalue weighted by atomic mass is 10.2. The minimum absolute atomic E-state index is 0.658. The van der Waals surface area contributed by atoms with E-state index >= 15 is 0 Å². The van der Waals surface area contributed by atoms with Gasteiger partial charge in [0.05, 0.1) is 11.7 Å². The summed E-state index contributed by atoms with van der Waals surface area (Å²) in [7, 11) is 0. The fourth-order valence-electron chi connectivity index (χ4n) is 1.28. The first-order valence-corrected chi connectivity index (χ1v) is 3.90. The van der Waals surface area contributed by atoms with Crippen molar-refractivity contribution in [3.05, 3.63) is 30.1 Å². The fourth-order valence-corrected chi connectivity index (χ4v) is 1.28. The Balaban J connectivity index is 2.57. The minimum atomic E-state index is 0.658. The van der Waals surface area contributed by atoms with Crippen LogP contribution in [0, 0.1) is 0 Å². The van der Waals surface area contributed by atoms with Crippen LogP contribution in [0.15, 0.2) is 24.5 Å². The molecule has 4 heteroatoms. The summed E-state index contributed by atoms with van der Waals surface area (Å²) >= 11 is 0. The van der Waals surface area contributed by atoms with Crippen molar-refractivity contribution < 1.29 is 0 Å². The highest BCUT2D eigenvalue weighted by Crippen LogP contribution is 2.08. The molecule has 0 fully saturated rings.